The lowest BCUT2D eigenvalue weighted by atomic mass is 10.1. The van der Waals surface area contributed by atoms with Gasteiger partial charge in [0.25, 0.3) is 11.6 Å². The Morgan fingerprint density at radius 2 is 1.74 bits per heavy atom. The zero-order valence-corrected chi connectivity index (χ0v) is 16.5. The van der Waals surface area contributed by atoms with Crippen LogP contribution in [0.25, 0.3) is 0 Å². The van der Waals surface area contributed by atoms with Gasteiger partial charge in [-0.1, -0.05) is 20.8 Å². The minimum absolute atomic E-state index is 0.0671. The first kappa shape index (κ1) is 22.6. The number of methoxy groups -OCH3 is 1. The van der Waals surface area contributed by atoms with Gasteiger partial charge in [0.2, 0.25) is 0 Å². The predicted molar refractivity (Wildman–Crippen MR) is 103 cm³/mol. The first-order valence-corrected chi connectivity index (χ1v) is 9.17. The van der Waals surface area contributed by atoms with E-state index in [-0.39, 0.29) is 24.1 Å². The van der Waals surface area contributed by atoms with Crippen LogP contribution < -0.4 is 0 Å². The summed E-state index contributed by atoms with van der Waals surface area (Å²) in [5.74, 6) is -1.08. The van der Waals surface area contributed by atoms with E-state index in [1.54, 1.807) is 11.8 Å². The minimum Gasteiger partial charge on any atom is -0.469 e. The van der Waals surface area contributed by atoms with Crippen molar-refractivity contribution in [3.8, 4) is 0 Å². The van der Waals surface area contributed by atoms with Gasteiger partial charge in [0.1, 0.15) is 0 Å². The van der Waals surface area contributed by atoms with Crippen molar-refractivity contribution in [3.05, 3.63) is 39.9 Å². The summed E-state index contributed by atoms with van der Waals surface area (Å²) in [6.07, 6.45) is 0.772. The number of nitro groups is 1. The lowest BCUT2D eigenvalue weighted by Crippen LogP contribution is -2.39. The van der Waals surface area contributed by atoms with E-state index < -0.39 is 10.8 Å². The maximum absolute atomic E-state index is 12.9. The van der Waals surface area contributed by atoms with Gasteiger partial charge in [-0.05, 0) is 38.2 Å². The second kappa shape index (κ2) is 11.3. The van der Waals surface area contributed by atoms with Crippen LogP contribution in [0, 0.1) is 16.0 Å². The minimum atomic E-state index is -0.505. The monoisotopic (exact) mass is 379 g/mol. The van der Waals surface area contributed by atoms with Gasteiger partial charge in [-0.2, -0.15) is 0 Å². The Balaban J connectivity index is 2.88. The second-order valence-corrected chi connectivity index (χ2v) is 6.36. The molecule has 1 atom stereocenters. The van der Waals surface area contributed by atoms with Crippen LogP contribution in [0.1, 0.15) is 37.6 Å². The van der Waals surface area contributed by atoms with Crippen LogP contribution in [-0.2, 0) is 9.53 Å². The Hall–Kier alpha value is -2.48. The van der Waals surface area contributed by atoms with Crippen molar-refractivity contribution in [2.75, 3.05) is 39.8 Å². The summed E-state index contributed by atoms with van der Waals surface area (Å²) in [4.78, 5) is 38.8. The third kappa shape index (κ3) is 6.97. The highest BCUT2D eigenvalue weighted by Crippen LogP contribution is 2.15. The average molecular weight is 379 g/mol. The van der Waals surface area contributed by atoms with Gasteiger partial charge in [0.05, 0.1) is 18.0 Å². The van der Waals surface area contributed by atoms with Gasteiger partial charge in [-0.25, -0.2) is 0 Å². The van der Waals surface area contributed by atoms with Crippen LogP contribution in [0.4, 0.5) is 5.69 Å². The molecule has 27 heavy (non-hydrogen) atoms. The number of carbonyl (C=O) groups is 2. The first-order chi connectivity index (χ1) is 12.8. The van der Waals surface area contributed by atoms with Gasteiger partial charge in [-0.15, -0.1) is 0 Å². The molecule has 1 rings (SSSR count). The normalized spacial score (nSPS) is 11.9. The third-order valence-corrected chi connectivity index (χ3v) is 4.51. The summed E-state index contributed by atoms with van der Waals surface area (Å²) in [6, 6.07) is 5.51. The molecule has 8 nitrogen and oxygen atoms in total. The molecule has 0 saturated carbocycles. The Bertz CT molecular complexity index is 629. The van der Waals surface area contributed by atoms with E-state index in [9.17, 15) is 19.7 Å². The van der Waals surface area contributed by atoms with Crippen LogP contribution in [0.15, 0.2) is 24.3 Å². The Morgan fingerprint density at radius 3 is 2.22 bits per heavy atom. The molecule has 0 aromatic heterocycles. The van der Waals surface area contributed by atoms with E-state index in [1.165, 1.54) is 31.4 Å². The molecule has 0 aliphatic heterocycles. The van der Waals surface area contributed by atoms with Crippen molar-refractivity contribution < 1.29 is 19.2 Å². The zero-order chi connectivity index (χ0) is 20.4. The summed E-state index contributed by atoms with van der Waals surface area (Å²) in [5, 5.41) is 10.8. The number of amides is 1. The van der Waals surface area contributed by atoms with Crippen LogP contribution in [-0.4, -0.2) is 66.4 Å². The molecule has 1 amide bonds. The molecule has 1 unspecified atom stereocenters. The molecule has 0 aliphatic rings. The number of rotatable bonds is 11. The molecular weight excluding hydrogens is 350 g/mol. The van der Waals surface area contributed by atoms with Crippen molar-refractivity contribution >= 4 is 17.6 Å². The number of hydrogen-bond donors (Lipinski definition) is 0. The van der Waals surface area contributed by atoms with Crippen molar-refractivity contribution in [2.45, 2.75) is 27.2 Å². The number of carbonyl (C=O) groups excluding carboxylic acids is 2. The molecular formula is C19H29N3O5. The highest BCUT2D eigenvalue weighted by Gasteiger charge is 2.23. The van der Waals surface area contributed by atoms with Crippen LogP contribution in [0.2, 0.25) is 0 Å². The van der Waals surface area contributed by atoms with Crippen LogP contribution >= 0.6 is 0 Å². The van der Waals surface area contributed by atoms with E-state index in [2.05, 4.69) is 18.7 Å². The smallest absolute Gasteiger partial charge is 0.310 e. The molecule has 0 radical (unpaired) electrons. The highest BCUT2D eigenvalue weighted by molar-refractivity contribution is 5.94. The maximum Gasteiger partial charge on any atom is 0.310 e. The maximum atomic E-state index is 12.9. The fourth-order valence-corrected chi connectivity index (χ4v) is 2.82. The number of benzene rings is 1. The van der Waals surface area contributed by atoms with E-state index >= 15 is 0 Å². The number of non-ortho nitro benzene ring substituents is 1. The predicted octanol–water partition coefficient (Wildman–Crippen LogP) is 2.58. The summed E-state index contributed by atoms with van der Waals surface area (Å²) < 4.78 is 4.76. The van der Waals surface area contributed by atoms with Gasteiger partial charge in [0, 0.05) is 30.8 Å². The Labute approximate surface area is 160 Å². The average Bonchev–Trinajstić information content (AvgIpc) is 2.69. The summed E-state index contributed by atoms with van der Waals surface area (Å²) in [5.41, 5.74) is 0.295. The van der Waals surface area contributed by atoms with Crippen molar-refractivity contribution in [3.63, 3.8) is 0 Å². The summed E-state index contributed by atoms with van der Waals surface area (Å²) in [6.45, 7) is 9.34. The molecule has 1 aromatic carbocycles. The summed E-state index contributed by atoms with van der Waals surface area (Å²) >= 11 is 0. The molecule has 150 valence electrons. The number of ether oxygens (including phenoxy) is 1. The number of hydrogen-bond acceptors (Lipinski definition) is 6. The largest absolute Gasteiger partial charge is 0.469 e. The Morgan fingerprint density at radius 1 is 1.15 bits per heavy atom. The van der Waals surface area contributed by atoms with Crippen molar-refractivity contribution in [2.24, 2.45) is 5.92 Å². The molecule has 0 fully saturated rings. The molecule has 8 heteroatoms. The molecule has 0 saturated heterocycles. The van der Waals surface area contributed by atoms with E-state index in [0.29, 0.717) is 12.1 Å². The zero-order valence-electron chi connectivity index (χ0n) is 16.5. The topological polar surface area (TPSA) is 93.0 Å². The van der Waals surface area contributed by atoms with Crippen LogP contribution in [0.3, 0.4) is 0 Å². The molecule has 0 spiro atoms. The van der Waals surface area contributed by atoms with E-state index in [1.807, 2.05) is 0 Å². The van der Waals surface area contributed by atoms with Gasteiger partial charge >= 0.3 is 5.97 Å². The van der Waals surface area contributed by atoms with Crippen LogP contribution in [0.5, 0.6) is 0 Å². The standard InChI is InChI=1S/C19H29N3O5/c1-5-20(6-2)12-7-13-21(14-15(3)19(24)27-4)18(23)16-8-10-17(11-9-16)22(25)26/h8-11,15H,5-7,12-14H2,1-4H3. The second-order valence-electron chi connectivity index (χ2n) is 6.36. The van der Waals surface area contributed by atoms with Gasteiger partial charge in [0.15, 0.2) is 0 Å². The summed E-state index contributed by atoms with van der Waals surface area (Å²) in [7, 11) is 1.32. The molecule has 0 bridgehead atoms. The van der Waals surface area contributed by atoms with Gasteiger partial charge < -0.3 is 14.5 Å². The van der Waals surface area contributed by atoms with Crippen molar-refractivity contribution in [1.82, 2.24) is 9.80 Å². The van der Waals surface area contributed by atoms with Gasteiger partial charge in [-0.3, -0.25) is 19.7 Å². The number of esters is 1. The molecule has 0 heterocycles. The fraction of sp³-hybridized carbons (Fsp3) is 0.579. The van der Waals surface area contributed by atoms with Crippen molar-refractivity contribution in [1.29, 1.82) is 0 Å². The number of nitro benzene ring substituents is 1. The number of nitrogens with zero attached hydrogens (tertiary/aromatic N) is 3. The van der Waals surface area contributed by atoms with E-state index in [0.717, 1.165) is 26.1 Å². The molecule has 0 N–H and O–H groups in total. The SMILES string of the molecule is CCN(CC)CCCN(CC(C)C(=O)OC)C(=O)c1ccc([N+](=O)[O-])cc1. The lowest BCUT2D eigenvalue weighted by molar-refractivity contribution is -0.384. The Kier molecular flexibility index (Phi) is 9.42. The molecule has 1 aromatic rings. The molecule has 0 aliphatic carbocycles. The first-order valence-electron chi connectivity index (χ1n) is 9.17. The van der Waals surface area contributed by atoms with E-state index in [4.69, 9.17) is 4.74 Å². The fourth-order valence-electron chi connectivity index (χ4n) is 2.82. The highest BCUT2D eigenvalue weighted by atomic mass is 16.6. The quantitative estimate of drug-likeness (QED) is 0.333. The third-order valence-electron chi connectivity index (χ3n) is 4.51. The lowest BCUT2D eigenvalue weighted by Gasteiger charge is -2.26.